The first-order valence-corrected chi connectivity index (χ1v) is 8.50. The van der Waals surface area contributed by atoms with Crippen molar-refractivity contribution in [2.75, 3.05) is 0 Å². The number of carbonyl (C=O) groups excluding carboxylic acids is 1. The zero-order valence-corrected chi connectivity index (χ0v) is 13.8. The van der Waals surface area contributed by atoms with E-state index < -0.39 is 12.0 Å². The highest BCUT2D eigenvalue weighted by Crippen LogP contribution is 2.23. The number of nitrogens with zero attached hydrogens (tertiary/aromatic N) is 1. The summed E-state index contributed by atoms with van der Waals surface area (Å²) in [6.07, 6.45) is 0. The lowest BCUT2D eigenvalue weighted by molar-refractivity contribution is -0.138. The van der Waals surface area contributed by atoms with Gasteiger partial charge in [0.15, 0.2) is 0 Å². The highest BCUT2D eigenvalue weighted by Gasteiger charge is 2.15. The number of amides is 1. The van der Waals surface area contributed by atoms with Crippen molar-refractivity contribution in [3.05, 3.63) is 45.9 Å². The van der Waals surface area contributed by atoms with Crippen molar-refractivity contribution in [3.63, 3.8) is 0 Å². The number of thiazole rings is 1. The molecule has 1 atom stereocenters. The van der Waals surface area contributed by atoms with Gasteiger partial charge in [0.05, 0.1) is 10.7 Å². The number of nitrogens with one attached hydrogen (secondary N) is 1. The van der Waals surface area contributed by atoms with Crippen LogP contribution in [0.2, 0.25) is 0 Å². The normalized spacial score (nSPS) is 11.9. The molecule has 0 aliphatic carbocycles. The van der Waals surface area contributed by atoms with E-state index in [1.54, 1.807) is 35.2 Å². The monoisotopic (exact) mass is 336 g/mol. The molecule has 1 aromatic heterocycles. The topological polar surface area (TPSA) is 79.3 Å². The van der Waals surface area contributed by atoms with Crippen LogP contribution in [0.4, 0.5) is 0 Å². The molecule has 2 rings (SSSR count). The molecule has 0 aliphatic rings. The van der Waals surface area contributed by atoms with Crippen molar-refractivity contribution in [2.45, 2.75) is 30.5 Å². The summed E-state index contributed by atoms with van der Waals surface area (Å²) >= 11 is 3.27. The van der Waals surface area contributed by atoms with Crippen LogP contribution in [-0.4, -0.2) is 28.0 Å². The number of aromatic nitrogens is 1. The third-order valence-corrected chi connectivity index (χ3v) is 4.76. The molecule has 1 aromatic carbocycles. The Morgan fingerprint density at radius 1 is 1.36 bits per heavy atom. The third-order valence-electron chi connectivity index (χ3n) is 2.89. The lowest BCUT2D eigenvalue weighted by Crippen LogP contribution is -2.38. The van der Waals surface area contributed by atoms with Crippen LogP contribution >= 0.6 is 23.1 Å². The van der Waals surface area contributed by atoms with Crippen molar-refractivity contribution >= 4 is 35.0 Å². The van der Waals surface area contributed by atoms with Crippen molar-refractivity contribution < 1.29 is 14.7 Å². The minimum Gasteiger partial charge on any atom is -0.480 e. The van der Waals surface area contributed by atoms with E-state index in [9.17, 15) is 9.59 Å². The number of rotatable bonds is 6. The first-order valence-electron chi connectivity index (χ1n) is 6.63. The number of thioether (sulfide) groups is 1. The van der Waals surface area contributed by atoms with E-state index in [4.69, 9.17) is 5.11 Å². The largest absolute Gasteiger partial charge is 0.480 e. The van der Waals surface area contributed by atoms with Gasteiger partial charge in [0.25, 0.3) is 5.91 Å². The second kappa shape index (κ2) is 7.42. The van der Waals surface area contributed by atoms with Crippen molar-refractivity contribution in [1.29, 1.82) is 0 Å². The molecule has 0 spiro atoms. The number of aryl methyl sites for hydroxylation is 1. The number of carbonyl (C=O) groups is 2. The van der Waals surface area contributed by atoms with Gasteiger partial charge in [-0.1, -0.05) is 0 Å². The summed E-state index contributed by atoms with van der Waals surface area (Å²) in [5.41, 5.74) is 1.49. The van der Waals surface area contributed by atoms with Crippen LogP contribution in [0.3, 0.4) is 0 Å². The second-order valence-electron chi connectivity index (χ2n) is 4.70. The fraction of sp³-hybridized carbons (Fsp3) is 0.267. The minimum absolute atomic E-state index is 0.387. The summed E-state index contributed by atoms with van der Waals surface area (Å²) < 4.78 is 0. The van der Waals surface area contributed by atoms with Gasteiger partial charge in [0, 0.05) is 21.6 Å². The van der Waals surface area contributed by atoms with Gasteiger partial charge >= 0.3 is 5.97 Å². The molecule has 0 bridgehead atoms. The van der Waals surface area contributed by atoms with E-state index >= 15 is 0 Å². The molecule has 0 saturated heterocycles. The number of aliphatic carboxylic acids is 1. The van der Waals surface area contributed by atoms with Crippen LogP contribution in [-0.2, 0) is 10.5 Å². The molecule has 0 fully saturated rings. The Hall–Kier alpha value is -1.86. The highest BCUT2D eigenvalue weighted by atomic mass is 32.2. The van der Waals surface area contributed by atoms with Gasteiger partial charge in [-0.15, -0.1) is 23.1 Å². The summed E-state index contributed by atoms with van der Waals surface area (Å²) in [4.78, 5) is 28.0. The van der Waals surface area contributed by atoms with E-state index in [0.29, 0.717) is 5.56 Å². The zero-order valence-electron chi connectivity index (χ0n) is 12.2. The van der Waals surface area contributed by atoms with E-state index in [-0.39, 0.29) is 5.91 Å². The van der Waals surface area contributed by atoms with E-state index in [1.807, 2.05) is 24.4 Å². The zero-order chi connectivity index (χ0) is 16.1. The Balaban J connectivity index is 1.92. The summed E-state index contributed by atoms with van der Waals surface area (Å²) in [6, 6.07) is 6.18. The average molecular weight is 336 g/mol. The first-order chi connectivity index (χ1) is 10.5. The minimum atomic E-state index is -1.06. The summed E-state index contributed by atoms with van der Waals surface area (Å²) in [5.74, 6) is -0.660. The van der Waals surface area contributed by atoms with Gasteiger partial charge in [-0.05, 0) is 38.1 Å². The number of benzene rings is 1. The maximum atomic E-state index is 11.9. The SMILES string of the molecule is Cc1nc(CSc2ccc(C(=O)N[C@H](C)C(=O)O)cc2)cs1. The Labute approximate surface area is 136 Å². The number of hydrogen-bond acceptors (Lipinski definition) is 5. The van der Waals surface area contributed by atoms with Crippen molar-refractivity contribution in [1.82, 2.24) is 10.3 Å². The second-order valence-corrected chi connectivity index (χ2v) is 6.82. The lowest BCUT2D eigenvalue weighted by Gasteiger charge is -2.09. The van der Waals surface area contributed by atoms with Crippen LogP contribution in [0, 0.1) is 6.92 Å². The van der Waals surface area contributed by atoms with Crippen LogP contribution in [0.15, 0.2) is 34.5 Å². The Bertz CT molecular complexity index is 668. The summed E-state index contributed by atoms with van der Waals surface area (Å²) in [5, 5.41) is 14.3. The molecule has 0 unspecified atom stereocenters. The maximum Gasteiger partial charge on any atom is 0.325 e. The molecule has 116 valence electrons. The molecule has 0 radical (unpaired) electrons. The van der Waals surface area contributed by atoms with E-state index in [2.05, 4.69) is 10.3 Å². The Kier molecular flexibility index (Phi) is 5.57. The molecule has 5 nitrogen and oxygen atoms in total. The fourth-order valence-corrected chi connectivity index (χ4v) is 3.19. The average Bonchev–Trinajstić information content (AvgIpc) is 2.91. The molecule has 7 heteroatoms. The number of carboxylic acids is 1. The predicted octanol–water partition coefficient (Wildman–Crippen LogP) is 2.95. The maximum absolute atomic E-state index is 11.9. The molecule has 2 N–H and O–H groups in total. The van der Waals surface area contributed by atoms with E-state index in [0.717, 1.165) is 21.3 Å². The molecule has 0 aliphatic heterocycles. The number of carboxylic acid groups (broad SMARTS) is 1. The van der Waals surface area contributed by atoms with Crippen LogP contribution in [0.25, 0.3) is 0 Å². The van der Waals surface area contributed by atoms with Crippen LogP contribution in [0.1, 0.15) is 28.0 Å². The summed E-state index contributed by atoms with van der Waals surface area (Å²) in [7, 11) is 0. The van der Waals surface area contributed by atoms with Crippen LogP contribution in [0.5, 0.6) is 0 Å². The predicted molar refractivity (Wildman–Crippen MR) is 87.4 cm³/mol. The molecule has 1 amide bonds. The van der Waals surface area contributed by atoms with Gasteiger partial charge in [0.2, 0.25) is 0 Å². The standard InChI is InChI=1S/C15H16N2O3S2/c1-9(15(19)20)16-14(18)11-3-5-13(6-4-11)22-8-12-7-21-10(2)17-12/h3-7,9H,8H2,1-2H3,(H,16,18)(H,19,20)/t9-/m1/s1. The van der Waals surface area contributed by atoms with E-state index in [1.165, 1.54) is 6.92 Å². The Morgan fingerprint density at radius 3 is 2.59 bits per heavy atom. The lowest BCUT2D eigenvalue weighted by atomic mass is 10.2. The third kappa shape index (κ3) is 4.57. The number of hydrogen-bond donors (Lipinski definition) is 2. The molecular weight excluding hydrogens is 320 g/mol. The van der Waals surface area contributed by atoms with Crippen molar-refractivity contribution in [2.24, 2.45) is 0 Å². The van der Waals surface area contributed by atoms with Crippen LogP contribution < -0.4 is 5.32 Å². The summed E-state index contributed by atoms with van der Waals surface area (Å²) in [6.45, 7) is 3.41. The fourth-order valence-electron chi connectivity index (χ4n) is 1.68. The Morgan fingerprint density at radius 2 is 2.05 bits per heavy atom. The van der Waals surface area contributed by atoms with Gasteiger partial charge in [-0.25, -0.2) is 4.98 Å². The van der Waals surface area contributed by atoms with Gasteiger partial charge < -0.3 is 10.4 Å². The van der Waals surface area contributed by atoms with Gasteiger partial charge in [0.1, 0.15) is 6.04 Å². The molecule has 2 aromatic rings. The van der Waals surface area contributed by atoms with Gasteiger partial charge in [-0.3, -0.25) is 9.59 Å². The molecule has 22 heavy (non-hydrogen) atoms. The van der Waals surface area contributed by atoms with Gasteiger partial charge in [-0.2, -0.15) is 0 Å². The smallest absolute Gasteiger partial charge is 0.325 e. The molecular formula is C15H16N2O3S2. The quantitative estimate of drug-likeness (QED) is 0.793. The molecule has 0 saturated carbocycles. The highest BCUT2D eigenvalue weighted by molar-refractivity contribution is 7.98. The van der Waals surface area contributed by atoms with Crippen molar-refractivity contribution in [3.8, 4) is 0 Å². The first kappa shape index (κ1) is 16.5. The molecule has 1 heterocycles.